The summed E-state index contributed by atoms with van der Waals surface area (Å²) in [5.41, 5.74) is 1.73. The smallest absolute Gasteiger partial charge is 0.422 e. The molecule has 1 aliphatic carbocycles. The minimum atomic E-state index is -4.65. The van der Waals surface area contributed by atoms with Crippen LogP contribution < -0.4 is 31.3 Å². The molecular formula is C36H31ClF3N9O7. The van der Waals surface area contributed by atoms with Gasteiger partial charge in [0.1, 0.15) is 6.04 Å². The van der Waals surface area contributed by atoms with Crippen LogP contribution in [0.2, 0.25) is 5.02 Å². The van der Waals surface area contributed by atoms with E-state index >= 15 is 0 Å². The van der Waals surface area contributed by atoms with Crippen LogP contribution in [0.5, 0.6) is 6.01 Å². The highest BCUT2D eigenvalue weighted by atomic mass is 35.5. The predicted octanol–water partition coefficient (Wildman–Crippen LogP) is 4.99. The molecule has 3 amide bonds. The number of hydrogen-bond donors (Lipinski definition) is 5. The van der Waals surface area contributed by atoms with Gasteiger partial charge in [0.15, 0.2) is 12.4 Å². The van der Waals surface area contributed by atoms with Gasteiger partial charge in [0.2, 0.25) is 11.9 Å². The van der Waals surface area contributed by atoms with Crippen molar-refractivity contribution in [2.24, 2.45) is 0 Å². The fourth-order valence-electron chi connectivity index (χ4n) is 5.23. The fourth-order valence-corrected chi connectivity index (χ4v) is 5.36. The van der Waals surface area contributed by atoms with Crippen molar-refractivity contribution in [3.8, 4) is 17.3 Å². The second-order valence-corrected chi connectivity index (χ2v) is 12.7. The van der Waals surface area contributed by atoms with Crippen molar-refractivity contribution in [1.82, 2.24) is 30.7 Å². The molecule has 5 N–H and O–H groups in total. The van der Waals surface area contributed by atoms with Gasteiger partial charge in [0.05, 0.1) is 18.8 Å². The third kappa shape index (κ3) is 10.3. The molecule has 0 spiro atoms. The number of amides is 3. The van der Waals surface area contributed by atoms with Crippen molar-refractivity contribution in [3.63, 3.8) is 0 Å². The number of aromatic nitrogens is 4. The lowest BCUT2D eigenvalue weighted by Crippen LogP contribution is -2.50. The maximum Gasteiger partial charge on any atom is 0.422 e. The largest absolute Gasteiger partial charge is 0.467 e. The number of halogens is 4. The number of anilines is 4. The summed E-state index contributed by atoms with van der Waals surface area (Å²) in [5, 5.41) is 17.4. The molecule has 0 bridgehead atoms. The summed E-state index contributed by atoms with van der Waals surface area (Å²) in [6.45, 7) is -2.12. The molecule has 1 saturated carbocycles. The first-order valence-corrected chi connectivity index (χ1v) is 17.0. The van der Waals surface area contributed by atoms with E-state index in [-0.39, 0.29) is 17.5 Å². The van der Waals surface area contributed by atoms with Crippen LogP contribution in [-0.4, -0.2) is 76.3 Å². The second-order valence-electron chi connectivity index (χ2n) is 12.3. The number of methoxy groups -OCH3 is 1. The Hall–Kier alpha value is -6.76. The maximum absolute atomic E-state index is 13.1. The molecule has 1 atom stereocenters. The van der Waals surface area contributed by atoms with Crippen LogP contribution in [0.3, 0.4) is 0 Å². The summed E-state index contributed by atoms with van der Waals surface area (Å²) in [7, 11) is 1.09. The summed E-state index contributed by atoms with van der Waals surface area (Å²) < 4.78 is 53.6. The molecule has 56 heavy (non-hydrogen) atoms. The molecular weight excluding hydrogens is 763 g/mol. The van der Waals surface area contributed by atoms with E-state index in [2.05, 4.69) is 46.7 Å². The van der Waals surface area contributed by atoms with Crippen molar-refractivity contribution in [2.45, 2.75) is 30.6 Å². The Morgan fingerprint density at radius 3 is 2.18 bits per heavy atom. The monoisotopic (exact) mass is 793 g/mol. The highest BCUT2D eigenvalue weighted by Crippen LogP contribution is 2.48. The lowest BCUT2D eigenvalue weighted by Gasteiger charge is -2.19. The van der Waals surface area contributed by atoms with Crippen LogP contribution in [0.15, 0.2) is 89.6 Å². The molecule has 1 aliphatic rings. The minimum absolute atomic E-state index is 0.0423. The molecule has 290 valence electrons. The molecule has 0 saturated heterocycles. The van der Waals surface area contributed by atoms with Gasteiger partial charge in [-0.1, -0.05) is 28.9 Å². The zero-order valence-corrected chi connectivity index (χ0v) is 29.9. The molecule has 6 rings (SSSR count). The van der Waals surface area contributed by atoms with Gasteiger partial charge in [-0.3, -0.25) is 14.4 Å². The van der Waals surface area contributed by atoms with Gasteiger partial charge in [0, 0.05) is 40.1 Å². The van der Waals surface area contributed by atoms with E-state index in [1.54, 1.807) is 42.5 Å². The van der Waals surface area contributed by atoms with Gasteiger partial charge in [-0.2, -0.15) is 28.1 Å². The van der Waals surface area contributed by atoms with E-state index in [0.717, 1.165) is 12.7 Å². The molecule has 3 aromatic carbocycles. The highest BCUT2D eigenvalue weighted by Gasteiger charge is 2.45. The standard InChI is InChI=1S/C36H31ClF3N9O7/c1-54-31(53)26(18-41-29(51)30(52)43-24-10-2-20(3-11-24)27-14-17-42-56-27)45-28(50)21-4-12-25(13-5-21)44-32-46-33(48-34(47-32)55-19-36(38,39)40)49-35(15-16-35)22-6-8-23(37)9-7-22/h2-14,17,26H,15-16,18-19H2,1H3,(H,41,51)(H,43,52)(H,45,50)(H2,44,46,47,48,49)/t26-/m0/s1. The van der Waals surface area contributed by atoms with Crippen LogP contribution in [0.4, 0.5) is 36.4 Å². The Morgan fingerprint density at radius 1 is 0.875 bits per heavy atom. The van der Waals surface area contributed by atoms with Crippen LogP contribution in [0.1, 0.15) is 28.8 Å². The molecule has 0 radical (unpaired) electrons. The van der Waals surface area contributed by atoms with Crippen LogP contribution >= 0.6 is 11.6 Å². The van der Waals surface area contributed by atoms with E-state index in [1.807, 2.05) is 12.1 Å². The van der Waals surface area contributed by atoms with Gasteiger partial charge in [-0.05, 0) is 79.1 Å². The van der Waals surface area contributed by atoms with Crippen LogP contribution in [0.25, 0.3) is 11.3 Å². The summed E-state index contributed by atoms with van der Waals surface area (Å²) in [4.78, 5) is 62.9. The molecule has 16 nitrogen and oxygen atoms in total. The number of rotatable bonds is 14. The number of ether oxygens (including phenoxy) is 2. The third-order valence-corrected chi connectivity index (χ3v) is 8.46. The SMILES string of the molecule is COC(=O)[C@H](CNC(=O)C(=O)Nc1ccc(-c2ccno2)cc1)NC(=O)c1ccc(Nc2nc(NC3(c4ccc(Cl)cc4)CC3)nc(OCC(F)(F)F)n2)cc1. The lowest BCUT2D eigenvalue weighted by atomic mass is 10.1. The summed E-state index contributed by atoms with van der Waals surface area (Å²) in [5.74, 6) is -3.42. The maximum atomic E-state index is 13.1. The van der Waals surface area contributed by atoms with Crippen molar-refractivity contribution >= 4 is 58.6 Å². The van der Waals surface area contributed by atoms with E-state index in [9.17, 15) is 32.3 Å². The highest BCUT2D eigenvalue weighted by molar-refractivity contribution is 6.39. The first-order valence-electron chi connectivity index (χ1n) is 16.7. The summed E-state index contributed by atoms with van der Waals surface area (Å²) >= 11 is 6.03. The number of alkyl halides is 3. The quantitative estimate of drug-likeness (QED) is 0.0742. The van der Waals surface area contributed by atoms with Crippen molar-refractivity contribution in [3.05, 3.63) is 101 Å². The second kappa shape index (κ2) is 16.7. The van der Waals surface area contributed by atoms with Gasteiger partial charge in [-0.25, -0.2) is 4.79 Å². The topological polar surface area (TPSA) is 212 Å². The van der Waals surface area contributed by atoms with Gasteiger partial charge in [0.25, 0.3) is 5.91 Å². The number of nitrogens with one attached hydrogen (secondary N) is 5. The van der Waals surface area contributed by atoms with Crippen molar-refractivity contribution in [1.29, 1.82) is 0 Å². The first kappa shape index (κ1) is 38.9. The average molecular weight is 794 g/mol. The third-order valence-electron chi connectivity index (χ3n) is 8.21. The van der Waals surface area contributed by atoms with Gasteiger partial charge >= 0.3 is 30.0 Å². The molecule has 1 fully saturated rings. The zero-order chi connectivity index (χ0) is 39.9. The number of nitrogens with zero attached hydrogens (tertiary/aromatic N) is 4. The Morgan fingerprint density at radius 2 is 1.55 bits per heavy atom. The number of esters is 1. The van der Waals surface area contributed by atoms with Crippen LogP contribution in [0, 0.1) is 0 Å². The van der Waals surface area contributed by atoms with Gasteiger partial charge in [-0.15, -0.1) is 0 Å². The Bertz CT molecular complexity index is 2190. The molecule has 2 aromatic heterocycles. The Balaban J connectivity index is 1.07. The van der Waals surface area contributed by atoms with Crippen molar-refractivity contribution in [2.75, 3.05) is 36.2 Å². The molecule has 0 aliphatic heterocycles. The first-order chi connectivity index (χ1) is 26.8. The number of benzene rings is 3. The van der Waals surface area contributed by atoms with E-state index in [0.29, 0.717) is 40.6 Å². The van der Waals surface area contributed by atoms with E-state index in [4.69, 9.17) is 25.6 Å². The van der Waals surface area contributed by atoms with Crippen molar-refractivity contribution < 1.29 is 46.3 Å². The summed E-state index contributed by atoms with van der Waals surface area (Å²) in [6, 6.07) is 18.9. The van der Waals surface area contributed by atoms with E-state index < -0.39 is 60.6 Å². The fraction of sp³-hybridized carbons (Fsp3) is 0.222. The average Bonchev–Trinajstić information content (AvgIpc) is 3.74. The molecule has 20 heteroatoms. The normalized spacial score (nSPS) is 13.4. The van der Waals surface area contributed by atoms with E-state index in [1.165, 1.54) is 30.5 Å². The molecule has 0 unspecified atom stereocenters. The van der Waals surface area contributed by atoms with Gasteiger partial charge < -0.3 is 40.6 Å². The Kier molecular flexibility index (Phi) is 11.6. The molecule has 5 aromatic rings. The predicted molar refractivity (Wildman–Crippen MR) is 194 cm³/mol. The zero-order valence-electron chi connectivity index (χ0n) is 29.1. The number of hydrogen-bond acceptors (Lipinski definition) is 13. The minimum Gasteiger partial charge on any atom is -0.467 e. The lowest BCUT2D eigenvalue weighted by molar-refractivity contribution is -0.154. The number of carbonyl (C=O) groups is 4. The summed E-state index contributed by atoms with van der Waals surface area (Å²) in [6.07, 6.45) is -1.76. The number of carbonyl (C=O) groups excluding carboxylic acids is 4. The molecule has 2 heterocycles. The Labute approximate surface area is 320 Å². The van der Waals surface area contributed by atoms with Crippen LogP contribution in [-0.2, 0) is 24.7 Å².